The fraction of sp³-hybridized carbons (Fsp3) is 0.636. The van der Waals surface area contributed by atoms with E-state index in [1.165, 1.54) is 4.31 Å². The van der Waals surface area contributed by atoms with Crippen molar-refractivity contribution < 1.29 is 8.42 Å². The average molecular weight is 279 g/mol. The molecule has 0 aliphatic rings. The maximum atomic E-state index is 12.3. The predicted molar refractivity (Wildman–Crippen MR) is 69.7 cm³/mol. The Morgan fingerprint density at radius 1 is 1.53 bits per heavy atom. The van der Waals surface area contributed by atoms with Crippen LogP contribution in [0.3, 0.4) is 0 Å². The van der Waals surface area contributed by atoms with E-state index in [0.29, 0.717) is 10.8 Å². The minimum Gasteiger partial charge on any atom is -0.352 e. The molecule has 1 rings (SSSR count). The highest BCUT2D eigenvalue weighted by Gasteiger charge is 2.25. The van der Waals surface area contributed by atoms with Gasteiger partial charge >= 0.3 is 0 Å². The smallest absolute Gasteiger partial charge is 0.244 e. The molecule has 0 aliphatic heterocycles. The number of nitrogens with zero attached hydrogens (tertiary/aromatic N) is 2. The summed E-state index contributed by atoms with van der Waals surface area (Å²) in [7, 11) is -0.00857. The zero-order valence-corrected chi connectivity index (χ0v) is 12.2. The van der Waals surface area contributed by atoms with Crippen LogP contribution in [0.2, 0.25) is 0 Å². The molecular weight excluding hydrogens is 260 g/mol. The first-order valence-electron chi connectivity index (χ1n) is 5.53. The van der Waals surface area contributed by atoms with Gasteiger partial charge in [0.25, 0.3) is 0 Å². The summed E-state index contributed by atoms with van der Waals surface area (Å²) in [6.07, 6.45) is 2.39. The molecule has 17 heavy (non-hydrogen) atoms. The highest BCUT2D eigenvalue weighted by molar-refractivity contribution is 7.89. The summed E-state index contributed by atoms with van der Waals surface area (Å²) in [5.41, 5.74) is 0.794. The Morgan fingerprint density at radius 2 is 2.12 bits per heavy atom. The van der Waals surface area contributed by atoms with Crippen LogP contribution < -0.4 is 0 Å². The molecule has 0 radical (unpaired) electrons. The summed E-state index contributed by atoms with van der Waals surface area (Å²) in [6.45, 7) is 3.86. The summed E-state index contributed by atoms with van der Waals surface area (Å²) in [5, 5.41) is 0. The van der Waals surface area contributed by atoms with Gasteiger partial charge in [-0.2, -0.15) is 4.31 Å². The molecule has 6 heteroatoms. The summed E-state index contributed by atoms with van der Waals surface area (Å²) >= 11 is 5.74. The Balaban J connectivity index is 3.13. The van der Waals surface area contributed by atoms with Crippen molar-refractivity contribution in [2.24, 2.45) is 7.05 Å². The second-order valence-electron chi connectivity index (χ2n) is 4.19. The van der Waals surface area contributed by atoms with Gasteiger partial charge in [0.1, 0.15) is 4.90 Å². The number of alkyl halides is 1. The fourth-order valence-corrected chi connectivity index (χ4v) is 3.31. The molecule has 0 N–H and O–H groups in total. The average Bonchev–Trinajstić information content (AvgIpc) is 2.69. The summed E-state index contributed by atoms with van der Waals surface area (Å²) in [6, 6.07) is 1.61. The lowest BCUT2D eigenvalue weighted by atomic mass is 10.3. The number of aromatic nitrogens is 1. The van der Waals surface area contributed by atoms with Crippen LogP contribution in [0.5, 0.6) is 0 Å². The van der Waals surface area contributed by atoms with Gasteiger partial charge in [-0.3, -0.25) is 0 Å². The van der Waals surface area contributed by atoms with E-state index < -0.39 is 10.0 Å². The van der Waals surface area contributed by atoms with E-state index in [-0.39, 0.29) is 6.04 Å². The minimum atomic E-state index is -3.41. The quantitative estimate of drug-likeness (QED) is 0.775. The van der Waals surface area contributed by atoms with Crippen molar-refractivity contribution >= 4 is 21.6 Å². The number of hydrogen-bond donors (Lipinski definition) is 0. The lowest BCUT2D eigenvalue weighted by Crippen LogP contribution is -2.34. The molecule has 0 amide bonds. The Kier molecular flexibility index (Phi) is 4.63. The van der Waals surface area contributed by atoms with E-state index in [4.69, 9.17) is 11.6 Å². The molecule has 0 aliphatic carbocycles. The highest BCUT2D eigenvalue weighted by atomic mass is 35.5. The standard InChI is InChI=1S/C11H19ClN2O2S/c1-5-9(2)14(4)17(15,16)11-6-10(7-12)13(3)8-11/h6,8-9H,5,7H2,1-4H3. The van der Waals surface area contributed by atoms with Crippen LogP contribution in [0, 0.1) is 0 Å². The van der Waals surface area contributed by atoms with Crippen molar-refractivity contribution in [1.82, 2.24) is 8.87 Å². The van der Waals surface area contributed by atoms with Crippen LogP contribution in [0.4, 0.5) is 0 Å². The number of rotatable bonds is 5. The lowest BCUT2D eigenvalue weighted by molar-refractivity contribution is 0.380. The molecule has 98 valence electrons. The molecule has 1 atom stereocenters. The van der Waals surface area contributed by atoms with Crippen molar-refractivity contribution in [3.05, 3.63) is 18.0 Å². The molecule has 1 unspecified atom stereocenters. The summed E-state index contributed by atoms with van der Waals surface area (Å²) in [4.78, 5) is 0.304. The third kappa shape index (κ3) is 2.84. The van der Waals surface area contributed by atoms with Gasteiger partial charge in [-0.1, -0.05) is 6.92 Å². The number of hydrogen-bond acceptors (Lipinski definition) is 2. The van der Waals surface area contributed by atoms with Crippen LogP contribution in [0.25, 0.3) is 0 Å². The van der Waals surface area contributed by atoms with Gasteiger partial charge in [-0.05, 0) is 19.4 Å². The summed E-state index contributed by atoms with van der Waals surface area (Å²) in [5.74, 6) is 0.305. The van der Waals surface area contributed by atoms with E-state index in [9.17, 15) is 8.42 Å². The zero-order valence-electron chi connectivity index (χ0n) is 10.6. The number of halogens is 1. The van der Waals surface area contributed by atoms with E-state index in [0.717, 1.165) is 12.1 Å². The monoisotopic (exact) mass is 278 g/mol. The molecule has 0 fully saturated rings. The first-order chi connectivity index (χ1) is 7.84. The normalized spacial score (nSPS) is 14.2. The van der Waals surface area contributed by atoms with Crippen LogP contribution in [-0.4, -0.2) is 30.4 Å². The van der Waals surface area contributed by atoms with Gasteiger partial charge in [0.05, 0.1) is 5.88 Å². The Bertz CT molecular complexity index is 482. The molecule has 0 aromatic carbocycles. The van der Waals surface area contributed by atoms with Gasteiger partial charge in [-0.15, -0.1) is 11.6 Å². The number of sulfonamides is 1. The van der Waals surface area contributed by atoms with Crippen molar-refractivity contribution in [3.8, 4) is 0 Å². The number of aryl methyl sites for hydroxylation is 1. The molecular formula is C11H19ClN2O2S. The van der Waals surface area contributed by atoms with Gasteiger partial charge < -0.3 is 4.57 Å². The first kappa shape index (κ1) is 14.5. The second-order valence-corrected chi connectivity index (χ2v) is 6.45. The van der Waals surface area contributed by atoms with Crippen molar-refractivity contribution in [3.63, 3.8) is 0 Å². The van der Waals surface area contributed by atoms with Crippen molar-refractivity contribution in [2.75, 3.05) is 7.05 Å². The topological polar surface area (TPSA) is 42.3 Å². The summed E-state index contributed by atoms with van der Waals surface area (Å²) < 4.78 is 27.7. The molecule has 1 heterocycles. The van der Waals surface area contributed by atoms with Crippen LogP contribution in [0.15, 0.2) is 17.2 Å². The van der Waals surface area contributed by atoms with Crippen molar-refractivity contribution in [1.29, 1.82) is 0 Å². The molecule has 0 saturated carbocycles. The maximum Gasteiger partial charge on any atom is 0.244 e. The van der Waals surface area contributed by atoms with E-state index in [1.54, 1.807) is 30.9 Å². The minimum absolute atomic E-state index is 0.0142. The first-order valence-corrected chi connectivity index (χ1v) is 7.51. The molecule has 1 aromatic heterocycles. The predicted octanol–water partition coefficient (Wildman–Crippen LogP) is 2.18. The van der Waals surface area contributed by atoms with E-state index in [1.807, 2.05) is 13.8 Å². The van der Waals surface area contributed by atoms with Gasteiger partial charge in [0, 0.05) is 32.0 Å². The Hall–Kier alpha value is -0.520. The Morgan fingerprint density at radius 3 is 2.53 bits per heavy atom. The van der Waals surface area contributed by atoms with Crippen molar-refractivity contribution in [2.45, 2.75) is 37.1 Å². The largest absolute Gasteiger partial charge is 0.352 e. The zero-order chi connectivity index (χ0) is 13.2. The molecule has 0 saturated heterocycles. The third-order valence-corrected chi connectivity index (χ3v) is 5.32. The lowest BCUT2D eigenvalue weighted by Gasteiger charge is -2.22. The second kappa shape index (κ2) is 5.42. The van der Waals surface area contributed by atoms with Crippen LogP contribution in [-0.2, 0) is 23.0 Å². The van der Waals surface area contributed by atoms with Gasteiger partial charge in [0.15, 0.2) is 0 Å². The van der Waals surface area contributed by atoms with E-state index >= 15 is 0 Å². The Labute approximate surface area is 108 Å². The van der Waals surface area contributed by atoms with Gasteiger partial charge in [0.2, 0.25) is 10.0 Å². The SMILES string of the molecule is CCC(C)N(C)S(=O)(=O)c1cc(CCl)n(C)c1. The maximum absolute atomic E-state index is 12.3. The molecule has 0 spiro atoms. The molecule has 1 aromatic rings. The van der Waals surface area contributed by atoms with E-state index in [2.05, 4.69) is 0 Å². The van der Waals surface area contributed by atoms with Crippen LogP contribution >= 0.6 is 11.6 Å². The molecule has 0 bridgehead atoms. The third-order valence-electron chi connectivity index (χ3n) is 3.11. The fourth-order valence-electron chi connectivity index (χ4n) is 1.51. The molecule has 4 nitrogen and oxygen atoms in total. The van der Waals surface area contributed by atoms with Crippen LogP contribution in [0.1, 0.15) is 26.0 Å². The van der Waals surface area contributed by atoms with Gasteiger partial charge in [-0.25, -0.2) is 8.42 Å². The highest BCUT2D eigenvalue weighted by Crippen LogP contribution is 2.20.